The van der Waals surface area contributed by atoms with Crippen molar-refractivity contribution in [1.29, 1.82) is 0 Å². The van der Waals surface area contributed by atoms with Crippen molar-refractivity contribution in [3.63, 3.8) is 0 Å². The van der Waals surface area contributed by atoms with Gasteiger partial charge in [-0.25, -0.2) is 8.78 Å². The Bertz CT molecular complexity index is 453. The molecule has 20 heavy (non-hydrogen) atoms. The van der Waals surface area contributed by atoms with Crippen LogP contribution in [0.25, 0.3) is 0 Å². The maximum Gasteiger partial charge on any atom is 0.128 e. The van der Waals surface area contributed by atoms with Crippen molar-refractivity contribution in [2.24, 2.45) is 5.92 Å². The largest absolute Gasteiger partial charge is 0.307 e. The lowest BCUT2D eigenvalue weighted by molar-refractivity contribution is 0.267. The molecular formula is C17H25F2N. The van der Waals surface area contributed by atoms with Crippen molar-refractivity contribution in [2.45, 2.75) is 65.0 Å². The van der Waals surface area contributed by atoms with Crippen LogP contribution in [-0.2, 0) is 0 Å². The summed E-state index contributed by atoms with van der Waals surface area (Å²) in [5.74, 6) is 0.00432. The first kappa shape index (κ1) is 15.4. The van der Waals surface area contributed by atoms with Crippen LogP contribution >= 0.6 is 0 Å². The van der Waals surface area contributed by atoms with Crippen LogP contribution in [0.5, 0.6) is 0 Å². The number of hydrogen-bond acceptors (Lipinski definition) is 1. The molecule has 1 saturated carbocycles. The smallest absolute Gasteiger partial charge is 0.128 e. The molecule has 1 aliphatic carbocycles. The van der Waals surface area contributed by atoms with Crippen molar-refractivity contribution < 1.29 is 8.78 Å². The van der Waals surface area contributed by atoms with Crippen molar-refractivity contribution in [3.8, 4) is 0 Å². The van der Waals surface area contributed by atoms with Crippen LogP contribution in [0, 0.1) is 24.5 Å². The SMILES string of the molecule is Cc1cc(F)c(C(C)N[C@@H](C)C2CCCCC2)cc1F. The van der Waals surface area contributed by atoms with Gasteiger partial charge in [0.2, 0.25) is 0 Å². The zero-order valence-corrected chi connectivity index (χ0v) is 12.7. The molecule has 1 unspecified atom stereocenters. The summed E-state index contributed by atoms with van der Waals surface area (Å²) in [5, 5.41) is 3.45. The van der Waals surface area contributed by atoms with Crippen LogP contribution in [0.3, 0.4) is 0 Å². The predicted molar refractivity (Wildman–Crippen MR) is 78.7 cm³/mol. The molecule has 1 aromatic rings. The van der Waals surface area contributed by atoms with E-state index in [-0.39, 0.29) is 17.7 Å². The van der Waals surface area contributed by atoms with Gasteiger partial charge < -0.3 is 5.32 Å². The molecule has 0 heterocycles. The summed E-state index contributed by atoms with van der Waals surface area (Å²) >= 11 is 0. The first-order valence-electron chi connectivity index (χ1n) is 7.70. The van der Waals surface area contributed by atoms with E-state index < -0.39 is 0 Å². The van der Waals surface area contributed by atoms with E-state index in [2.05, 4.69) is 12.2 Å². The fraction of sp³-hybridized carbons (Fsp3) is 0.647. The van der Waals surface area contributed by atoms with Gasteiger partial charge in [0, 0.05) is 17.6 Å². The molecule has 2 atom stereocenters. The fourth-order valence-corrected chi connectivity index (χ4v) is 3.25. The average molecular weight is 281 g/mol. The summed E-state index contributed by atoms with van der Waals surface area (Å²) in [6, 6.07) is 2.79. The van der Waals surface area contributed by atoms with Gasteiger partial charge in [0.05, 0.1) is 0 Å². The average Bonchev–Trinajstić information content (AvgIpc) is 2.43. The van der Waals surface area contributed by atoms with Crippen LogP contribution in [0.1, 0.15) is 63.1 Å². The maximum atomic E-state index is 14.0. The van der Waals surface area contributed by atoms with Gasteiger partial charge in [-0.1, -0.05) is 19.3 Å². The molecule has 0 bridgehead atoms. The van der Waals surface area contributed by atoms with Gasteiger partial charge in [-0.05, 0) is 57.2 Å². The molecule has 1 aliphatic rings. The quantitative estimate of drug-likeness (QED) is 0.828. The van der Waals surface area contributed by atoms with Crippen LogP contribution in [0.15, 0.2) is 12.1 Å². The van der Waals surface area contributed by atoms with E-state index in [1.165, 1.54) is 44.2 Å². The van der Waals surface area contributed by atoms with E-state index in [1.54, 1.807) is 6.92 Å². The lowest BCUT2D eigenvalue weighted by atomic mass is 9.84. The summed E-state index contributed by atoms with van der Waals surface area (Å²) in [6.45, 7) is 5.66. The summed E-state index contributed by atoms with van der Waals surface area (Å²) in [4.78, 5) is 0. The predicted octanol–water partition coefficient (Wildman–Crippen LogP) is 4.89. The summed E-state index contributed by atoms with van der Waals surface area (Å²) < 4.78 is 27.6. The van der Waals surface area contributed by atoms with Gasteiger partial charge in [-0.2, -0.15) is 0 Å². The second-order valence-electron chi connectivity index (χ2n) is 6.20. The Kier molecular flexibility index (Phi) is 5.14. The molecule has 1 nitrogen and oxygen atoms in total. The van der Waals surface area contributed by atoms with E-state index in [1.807, 2.05) is 6.92 Å². The molecule has 0 spiro atoms. The lowest BCUT2D eigenvalue weighted by Crippen LogP contribution is -2.36. The Morgan fingerprint density at radius 2 is 1.70 bits per heavy atom. The van der Waals surface area contributed by atoms with Gasteiger partial charge in [0.1, 0.15) is 11.6 Å². The third-order valence-electron chi connectivity index (χ3n) is 4.61. The molecule has 0 saturated heterocycles. The van der Waals surface area contributed by atoms with E-state index >= 15 is 0 Å². The van der Waals surface area contributed by atoms with Crippen LogP contribution in [0.4, 0.5) is 8.78 Å². The van der Waals surface area contributed by atoms with Crippen LogP contribution < -0.4 is 5.32 Å². The van der Waals surface area contributed by atoms with Gasteiger partial charge >= 0.3 is 0 Å². The highest BCUT2D eigenvalue weighted by Gasteiger charge is 2.22. The highest BCUT2D eigenvalue weighted by molar-refractivity contribution is 5.27. The highest BCUT2D eigenvalue weighted by atomic mass is 19.1. The Labute approximate surface area is 120 Å². The topological polar surface area (TPSA) is 12.0 Å². The first-order chi connectivity index (χ1) is 9.49. The van der Waals surface area contributed by atoms with Crippen LogP contribution in [0.2, 0.25) is 0 Å². The lowest BCUT2D eigenvalue weighted by Gasteiger charge is -2.31. The van der Waals surface area contributed by atoms with Gasteiger partial charge in [-0.3, -0.25) is 0 Å². The standard InChI is InChI=1S/C17H25F2N/c1-11-9-17(19)15(10-16(11)18)13(3)20-12(2)14-7-5-4-6-8-14/h9-10,12-14,20H,4-8H2,1-3H3/t12-,13?/m0/s1. The van der Waals surface area contributed by atoms with Crippen molar-refractivity contribution >= 4 is 0 Å². The van der Waals surface area contributed by atoms with E-state index in [0.717, 1.165) is 0 Å². The van der Waals surface area contributed by atoms with Crippen molar-refractivity contribution in [1.82, 2.24) is 5.32 Å². The minimum atomic E-state index is -0.333. The second-order valence-corrected chi connectivity index (χ2v) is 6.20. The zero-order valence-electron chi connectivity index (χ0n) is 12.7. The van der Waals surface area contributed by atoms with Gasteiger partial charge in [0.15, 0.2) is 0 Å². The van der Waals surface area contributed by atoms with E-state index in [9.17, 15) is 8.78 Å². The number of aryl methyl sites for hydroxylation is 1. The monoisotopic (exact) mass is 281 g/mol. The molecule has 1 fully saturated rings. The Balaban J connectivity index is 2.03. The number of hydrogen-bond donors (Lipinski definition) is 1. The molecule has 112 valence electrons. The van der Waals surface area contributed by atoms with Crippen LogP contribution in [-0.4, -0.2) is 6.04 Å². The molecular weight excluding hydrogens is 256 g/mol. The molecule has 0 aliphatic heterocycles. The van der Waals surface area contributed by atoms with Gasteiger partial charge in [0.25, 0.3) is 0 Å². The molecule has 3 heteroatoms. The third kappa shape index (κ3) is 3.57. The van der Waals surface area contributed by atoms with E-state index in [4.69, 9.17) is 0 Å². The minimum Gasteiger partial charge on any atom is -0.307 e. The molecule has 1 N–H and O–H groups in total. The van der Waals surface area contributed by atoms with E-state index in [0.29, 0.717) is 23.1 Å². The number of halogens is 2. The fourth-order valence-electron chi connectivity index (χ4n) is 3.25. The van der Waals surface area contributed by atoms with Gasteiger partial charge in [-0.15, -0.1) is 0 Å². The molecule has 0 aromatic heterocycles. The third-order valence-corrected chi connectivity index (χ3v) is 4.61. The number of benzene rings is 1. The number of rotatable bonds is 4. The molecule has 2 rings (SSSR count). The summed E-state index contributed by atoms with van der Waals surface area (Å²) in [6.07, 6.45) is 6.39. The summed E-state index contributed by atoms with van der Waals surface area (Å²) in [5.41, 5.74) is 0.787. The molecule has 1 aromatic carbocycles. The minimum absolute atomic E-state index is 0.165. The Hall–Kier alpha value is -0.960. The Morgan fingerprint density at radius 3 is 2.35 bits per heavy atom. The maximum absolute atomic E-state index is 14.0. The zero-order chi connectivity index (χ0) is 14.7. The first-order valence-corrected chi connectivity index (χ1v) is 7.70. The second kappa shape index (κ2) is 6.66. The summed E-state index contributed by atoms with van der Waals surface area (Å²) in [7, 11) is 0. The van der Waals surface area contributed by atoms with Crippen molar-refractivity contribution in [3.05, 3.63) is 34.9 Å². The Morgan fingerprint density at radius 1 is 1.05 bits per heavy atom. The highest BCUT2D eigenvalue weighted by Crippen LogP contribution is 2.28. The normalized spacial score (nSPS) is 19.9. The number of nitrogens with one attached hydrogen (secondary N) is 1. The van der Waals surface area contributed by atoms with Crippen molar-refractivity contribution in [2.75, 3.05) is 0 Å². The molecule has 0 radical (unpaired) electrons. The molecule has 0 amide bonds.